The maximum Gasteiger partial charge on any atom is 0.118 e. The molecule has 2 heterocycles. The molecule has 0 atom stereocenters. The highest BCUT2D eigenvalue weighted by Gasteiger charge is 2.10. The van der Waals surface area contributed by atoms with Crippen LogP contribution >= 0.6 is 27.3 Å². The molecule has 0 aromatic carbocycles. The lowest BCUT2D eigenvalue weighted by Crippen LogP contribution is -2.16. The molecule has 2 aromatic heterocycles. The van der Waals surface area contributed by atoms with Crippen LogP contribution in [0.3, 0.4) is 0 Å². The molecular formula is C14H19BrN2OS. The summed E-state index contributed by atoms with van der Waals surface area (Å²) in [5.41, 5.74) is 2.57. The molecule has 19 heavy (non-hydrogen) atoms. The normalized spacial score (nSPS) is 11.4. The molecule has 0 aliphatic carbocycles. The second kappa shape index (κ2) is 6.70. The molecular weight excluding hydrogens is 324 g/mol. The second-order valence-electron chi connectivity index (χ2n) is 4.76. The van der Waals surface area contributed by atoms with Gasteiger partial charge in [-0.2, -0.15) is 0 Å². The van der Waals surface area contributed by atoms with Crippen LogP contribution in [0.15, 0.2) is 25.7 Å². The maximum atomic E-state index is 5.79. The van der Waals surface area contributed by atoms with E-state index >= 15 is 0 Å². The van der Waals surface area contributed by atoms with Crippen molar-refractivity contribution in [3.63, 3.8) is 0 Å². The minimum absolute atomic E-state index is 0.831. The number of hydrogen-bond acceptors (Lipinski definition) is 4. The van der Waals surface area contributed by atoms with Crippen LogP contribution < -0.4 is 5.32 Å². The lowest BCUT2D eigenvalue weighted by atomic mass is 10.2. The third-order valence-corrected chi connectivity index (χ3v) is 4.49. The number of aryl methyl sites for hydroxylation is 1. The highest BCUT2D eigenvalue weighted by molar-refractivity contribution is 9.11. The molecule has 0 bridgehead atoms. The Morgan fingerprint density at radius 1 is 1.37 bits per heavy atom. The maximum absolute atomic E-state index is 5.79. The number of hydrogen-bond donors (Lipinski definition) is 1. The first-order valence-electron chi connectivity index (χ1n) is 6.22. The van der Waals surface area contributed by atoms with Gasteiger partial charge in [-0.25, -0.2) is 0 Å². The van der Waals surface area contributed by atoms with Gasteiger partial charge in [-0.15, -0.1) is 11.3 Å². The molecule has 0 saturated heterocycles. The van der Waals surface area contributed by atoms with Crippen LogP contribution in [-0.4, -0.2) is 19.0 Å². The van der Waals surface area contributed by atoms with Gasteiger partial charge in [-0.05, 0) is 60.0 Å². The van der Waals surface area contributed by atoms with Gasteiger partial charge >= 0.3 is 0 Å². The fraction of sp³-hybridized carbons (Fsp3) is 0.429. The molecule has 104 valence electrons. The van der Waals surface area contributed by atoms with Crippen LogP contribution in [0, 0.1) is 6.92 Å². The van der Waals surface area contributed by atoms with E-state index in [1.165, 1.54) is 14.9 Å². The van der Waals surface area contributed by atoms with Crippen LogP contribution in [0.2, 0.25) is 0 Å². The molecule has 5 heteroatoms. The van der Waals surface area contributed by atoms with Gasteiger partial charge in [0.1, 0.15) is 11.5 Å². The predicted octanol–water partition coefficient (Wildman–Crippen LogP) is 3.76. The summed E-state index contributed by atoms with van der Waals surface area (Å²) >= 11 is 5.22. The summed E-state index contributed by atoms with van der Waals surface area (Å²) in [6.07, 6.45) is 0. The van der Waals surface area contributed by atoms with E-state index in [2.05, 4.69) is 50.7 Å². The molecule has 0 radical (unpaired) electrons. The largest absolute Gasteiger partial charge is 0.465 e. The van der Waals surface area contributed by atoms with Gasteiger partial charge in [0, 0.05) is 18.7 Å². The first-order chi connectivity index (χ1) is 9.08. The third kappa shape index (κ3) is 4.18. The molecule has 1 N–H and O–H groups in total. The molecule has 0 aliphatic heterocycles. The Morgan fingerprint density at radius 3 is 2.79 bits per heavy atom. The number of nitrogens with zero attached hydrogens (tertiary/aromatic N) is 1. The van der Waals surface area contributed by atoms with Crippen LogP contribution in [0.5, 0.6) is 0 Å². The minimum Gasteiger partial charge on any atom is -0.465 e. The van der Waals surface area contributed by atoms with Crippen LogP contribution in [-0.2, 0) is 19.6 Å². The van der Waals surface area contributed by atoms with Gasteiger partial charge in [0.2, 0.25) is 0 Å². The van der Waals surface area contributed by atoms with E-state index in [1.54, 1.807) is 11.3 Å². The summed E-state index contributed by atoms with van der Waals surface area (Å²) in [5, 5.41) is 5.34. The molecule has 2 rings (SSSR count). The van der Waals surface area contributed by atoms with Gasteiger partial charge in [-0.3, -0.25) is 4.90 Å². The van der Waals surface area contributed by atoms with Crippen LogP contribution in [0.25, 0.3) is 0 Å². The van der Waals surface area contributed by atoms with Crippen molar-refractivity contribution < 1.29 is 4.42 Å². The molecule has 0 spiro atoms. The molecule has 0 unspecified atom stereocenters. The van der Waals surface area contributed by atoms with Crippen LogP contribution in [0.4, 0.5) is 0 Å². The summed E-state index contributed by atoms with van der Waals surface area (Å²) in [6, 6.07) is 4.31. The van der Waals surface area contributed by atoms with Crippen molar-refractivity contribution in [1.82, 2.24) is 10.2 Å². The summed E-state index contributed by atoms with van der Waals surface area (Å²) in [6.45, 7) is 4.64. The Balaban J connectivity index is 1.94. The highest BCUT2D eigenvalue weighted by atomic mass is 79.9. The van der Waals surface area contributed by atoms with Gasteiger partial charge in [0.05, 0.1) is 10.3 Å². The summed E-state index contributed by atoms with van der Waals surface area (Å²) < 4.78 is 6.97. The van der Waals surface area contributed by atoms with Gasteiger partial charge in [-0.1, -0.05) is 0 Å². The SMILES string of the molecule is CNCc1cc(CN(C)Cc2csc(Br)c2)oc1C. The van der Waals surface area contributed by atoms with E-state index in [-0.39, 0.29) is 0 Å². The number of nitrogens with one attached hydrogen (secondary N) is 1. The Hall–Kier alpha value is -0.620. The molecule has 0 saturated carbocycles. The second-order valence-corrected chi connectivity index (χ2v) is 7.05. The zero-order valence-corrected chi connectivity index (χ0v) is 13.9. The predicted molar refractivity (Wildman–Crippen MR) is 83.4 cm³/mol. The molecule has 0 aliphatic rings. The fourth-order valence-corrected chi connectivity index (χ4v) is 3.29. The molecule has 3 nitrogen and oxygen atoms in total. The van der Waals surface area contributed by atoms with E-state index in [0.717, 1.165) is 31.2 Å². The molecule has 2 aromatic rings. The number of furan rings is 1. The van der Waals surface area contributed by atoms with E-state index in [4.69, 9.17) is 4.42 Å². The Labute approximate surface area is 126 Å². The standard InChI is InChI=1S/C14H19BrN2OS/c1-10-12(6-16-2)5-13(18-10)8-17(3)7-11-4-14(15)19-9-11/h4-5,9,16H,6-8H2,1-3H3. The monoisotopic (exact) mass is 342 g/mol. The summed E-state index contributed by atoms with van der Waals surface area (Å²) in [4.78, 5) is 2.26. The van der Waals surface area contributed by atoms with Crippen molar-refractivity contribution in [1.29, 1.82) is 0 Å². The first kappa shape index (κ1) is 14.8. The lowest BCUT2D eigenvalue weighted by Gasteiger charge is -2.13. The van der Waals surface area contributed by atoms with Gasteiger partial charge in [0.25, 0.3) is 0 Å². The van der Waals surface area contributed by atoms with E-state index < -0.39 is 0 Å². The Bertz CT molecular complexity index is 535. The first-order valence-corrected chi connectivity index (χ1v) is 7.90. The summed E-state index contributed by atoms with van der Waals surface area (Å²) in [5.74, 6) is 2.04. The van der Waals surface area contributed by atoms with E-state index in [1.807, 2.05) is 14.0 Å². The van der Waals surface area contributed by atoms with Crippen molar-refractivity contribution >= 4 is 27.3 Å². The topological polar surface area (TPSA) is 28.4 Å². The lowest BCUT2D eigenvalue weighted by molar-refractivity contribution is 0.285. The quantitative estimate of drug-likeness (QED) is 0.866. The third-order valence-electron chi connectivity index (χ3n) is 2.94. The average Bonchev–Trinajstić information content (AvgIpc) is 2.87. The van der Waals surface area contributed by atoms with Gasteiger partial charge in [0.15, 0.2) is 0 Å². The smallest absolute Gasteiger partial charge is 0.118 e. The molecule has 0 fully saturated rings. The number of rotatable bonds is 6. The Kier molecular flexibility index (Phi) is 5.21. The minimum atomic E-state index is 0.831. The molecule has 0 amide bonds. The average molecular weight is 343 g/mol. The van der Waals surface area contributed by atoms with Crippen molar-refractivity contribution in [2.75, 3.05) is 14.1 Å². The zero-order chi connectivity index (χ0) is 13.8. The van der Waals surface area contributed by atoms with E-state index in [9.17, 15) is 0 Å². The number of thiophene rings is 1. The zero-order valence-electron chi connectivity index (χ0n) is 11.5. The van der Waals surface area contributed by atoms with E-state index in [0.29, 0.717) is 0 Å². The van der Waals surface area contributed by atoms with Crippen molar-refractivity contribution in [2.24, 2.45) is 0 Å². The van der Waals surface area contributed by atoms with Crippen molar-refractivity contribution in [3.8, 4) is 0 Å². The Morgan fingerprint density at radius 2 is 2.16 bits per heavy atom. The van der Waals surface area contributed by atoms with Crippen molar-refractivity contribution in [2.45, 2.75) is 26.6 Å². The number of halogens is 1. The summed E-state index contributed by atoms with van der Waals surface area (Å²) in [7, 11) is 4.06. The fourth-order valence-electron chi connectivity index (χ4n) is 2.09. The van der Waals surface area contributed by atoms with Crippen LogP contribution in [0.1, 0.15) is 22.6 Å². The van der Waals surface area contributed by atoms with Gasteiger partial charge < -0.3 is 9.73 Å². The van der Waals surface area contributed by atoms with Crippen molar-refractivity contribution in [3.05, 3.63) is 43.9 Å². The highest BCUT2D eigenvalue weighted by Crippen LogP contribution is 2.22.